The van der Waals surface area contributed by atoms with Crippen LogP contribution in [0.2, 0.25) is 0 Å². The Balaban J connectivity index is 2.45. The normalized spacial score (nSPS) is 19.9. The van der Waals surface area contributed by atoms with Gasteiger partial charge in [0.2, 0.25) is 0 Å². The molecule has 1 heterocycles. The van der Waals surface area contributed by atoms with Crippen LogP contribution in [-0.4, -0.2) is 23.1 Å². The standard InChI is InChI=1S/C10H11FN2O3/c11-9-4-7(13(15)16)3-8(10(9)14)6-1-2-12-5-6/h3-4,6,12,14H,1-2,5H2. The van der Waals surface area contributed by atoms with E-state index in [0.29, 0.717) is 12.1 Å². The Morgan fingerprint density at radius 2 is 2.31 bits per heavy atom. The van der Waals surface area contributed by atoms with Crippen molar-refractivity contribution in [2.45, 2.75) is 12.3 Å². The minimum absolute atomic E-state index is 0.0607. The molecule has 2 rings (SSSR count). The van der Waals surface area contributed by atoms with E-state index in [1.807, 2.05) is 0 Å². The highest BCUT2D eigenvalue weighted by molar-refractivity contribution is 5.46. The molecule has 1 fully saturated rings. The quantitative estimate of drug-likeness (QED) is 0.592. The molecule has 1 aromatic carbocycles. The first-order valence-corrected chi connectivity index (χ1v) is 4.97. The number of hydrogen-bond acceptors (Lipinski definition) is 4. The van der Waals surface area contributed by atoms with Crippen LogP contribution in [0, 0.1) is 15.9 Å². The van der Waals surface area contributed by atoms with Crippen molar-refractivity contribution < 1.29 is 14.4 Å². The minimum atomic E-state index is -0.934. The molecule has 1 aliphatic heterocycles. The molecule has 86 valence electrons. The Morgan fingerprint density at radius 3 is 2.88 bits per heavy atom. The summed E-state index contributed by atoms with van der Waals surface area (Å²) >= 11 is 0. The fraction of sp³-hybridized carbons (Fsp3) is 0.400. The zero-order valence-corrected chi connectivity index (χ0v) is 8.44. The third kappa shape index (κ3) is 1.83. The molecule has 2 N–H and O–H groups in total. The van der Waals surface area contributed by atoms with E-state index >= 15 is 0 Å². The molecule has 1 aromatic rings. The summed E-state index contributed by atoms with van der Waals surface area (Å²) in [6.07, 6.45) is 0.744. The van der Waals surface area contributed by atoms with E-state index < -0.39 is 16.5 Å². The van der Waals surface area contributed by atoms with Gasteiger partial charge >= 0.3 is 0 Å². The predicted octanol–water partition coefficient (Wildman–Crippen LogP) is 1.52. The van der Waals surface area contributed by atoms with Gasteiger partial charge in [0.05, 0.1) is 11.0 Å². The lowest BCUT2D eigenvalue weighted by atomic mass is 9.96. The molecule has 0 aliphatic carbocycles. The number of hydrogen-bond donors (Lipinski definition) is 2. The highest BCUT2D eigenvalue weighted by Crippen LogP contribution is 2.35. The van der Waals surface area contributed by atoms with Gasteiger partial charge in [-0.15, -0.1) is 0 Å². The van der Waals surface area contributed by atoms with Gasteiger partial charge in [0.1, 0.15) is 0 Å². The largest absolute Gasteiger partial charge is 0.505 e. The molecule has 0 aromatic heterocycles. The third-order valence-corrected chi connectivity index (χ3v) is 2.79. The molecular formula is C10H11FN2O3. The highest BCUT2D eigenvalue weighted by atomic mass is 19.1. The summed E-state index contributed by atoms with van der Waals surface area (Å²) in [7, 11) is 0. The van der Waals surface area contributed by atoms with Crippen molar-refractivity contribution in [1.82, 2.24) is 5.32 Å². The molecular weight excluding hydrogens is 215 g/mol. The number of rotatable bonds is 2. The number of phenolic OH excluding ortho intramolecular Hbond substituents is 1. The van der Waals surface area contributed by atoms with Crippen molar-refractivity contribution in [1.29, 1.82) is 0 Å². The molecule has 0 radical (unpaired) electrons. The second kappa shape index (κ2) is 4.05. The molecule has 0 amide bonds. The molecule has 0 saturated carbocycles. The summed E-state index contributed by atoms with van der Waals surface area (Å²) < 4.78 is 13.3. The summed E-state index contributed by atoms with van der Waals surface area (Å²) in [4.78, 5) is 9.91. The second-order valence-corrected chi connectivity index (χ2v) is 3.81. The van der Waals surface area contributed by atoms with Crippen LogP contribution >= 0.6 is 0 Å². The molecule has 6 heteroatoms. The molecule has 1 atom stereocenters. The van der Waals surface area contributed by atoms with E-state index in [0.717, 1.165) is 19.0 Å². The van der Waals surface area contributed by atoms with E-state index in [1.54, 1.807) is 0 Å². The lowest BCUT2D eigenvalue weighted by molar-refractivity contribution is -0.385. The van der Waals surface area contributed by atoms with Gasteiger partial charge < -0.3 is 10.4 Å². The summed E-state index contributed by atoms with van der Waals surface area (Å²) in [6, 6.07) is 1.98. The molecule has 0 bridgehead atoms. The summed E-state index contributed by atoms with van der Waals surface area (Å²) in [5.41, 5.74) is -0.00565. The summed E-state index contributed by atoms with van der Waals surface area (Å²) in [5, 5.41) is 23.2. The average molecular weight is 226 g/mol. The van der Waals surface area contributed by atoms with Crippen molar-refractivity contribution in [3.8, 4) is 5.75 Å². The molecule has 1 saturated heterocycles. The SMILES string of the molecule is O=[N+]([O-])c1cc(F)c(O)c(C2CCNC2)c1. The minimum Gasteiger partial charge on any atom is -0.505 e. The molecule has 1 unspecified atom stereocenters. The number of non-ortho nitro benzene ring substituents is 1. The number of halogens is 1. The molecule has 0 spiro atoms. The van der Waals surface area contributed by atoms with Gasteiger partial charge in [-0.3, -0.25) is 10.1 Å². The van der Waals surface area contributed by atoms with Crippen LogP contribution in [0.25, 0.3) is 0 Å². The number of nitrogens with one attached hydrogen (secondary N) is 1. The van der Waals surface area contributed by atoms with Gasteiger partial charge in [-0.1, -0.05) is 0 Å². The zero-order chi connectivity index (χ0) is 11.7. The topological polar surface area (TPSA) is 75.4 Å². The first-order valence-electron chi connectivity index (χ1n) is 4.97. The van der Waals surface area contributed by atoms with Crippen LogP contribution < -0.4 is 5.32 Å². The zero-order valence-electron chi connectivity index (χ0n) is 8.44. The summed E-state index contributed by atoms with van der Waals surface area (Å²) in [6.45, 7) is 1.38. The van der Waals surface area contributed by atoms with Gasteiger partial charge in [0.25, 0.3) is 5.69 Å². The van der Waals surface area contributed by atoms with Crippen LogP contribution in [0.5, 0.6) is 5.75 Å². The van der Waals surface area contributed by atoms with Crippen LogP contribution in [0.3, 0.4) is 0 Å². The molecule has 16 heavy (non-hydrogen) atoms. The smallest absolute Gasteiger partial charge is 0.272 e. The van der Waals surface area contributed by atoms with Gasteiger partial charge in [0.15, 0.2) is 11.6 Å². The highest BCUT2D eigenvalue weighted by Gasteiger charge is 2.24. The maximum absolute atomic E-state index is 13.3. The fourth-order valence-electron chi connectivity index (χ4n) is 1.94. The van der Waals surface area contributed by atoms with Gasteiger partial charge in [0, 0.05) is 24.1 Å². The molecule has 1 aliphatic rings. The van der Waals surface area contributed by atoms with Crippen LogP contribution in [0.1, 0.15) is 17.9 Å². The number of nitrogens with zero attached hydrogens (tertiary/aromatic N) is 1. The van der Waals surface area contributed by atoms with E-state index in [4.69, 9.17) is 0 Å². The maximum atomic E-state index is 13.3. The number of nitro benzene ring substituents is 1. The Morgan fingerprint density at radius 1 is 1.56 bits per heavy atom. The van der Waals surface area contributed by atoms with Crippen LogP contribution in [0.15, 0.2) is 12.1 Å². The monoisotopic (exact) mass is 226 g/mol. The van der Waals surface area contributed by atoms with Crippen molar-refractivity contribution in [3.05, 3.63) is 33.6 Å². The van der Waals surface area contributed by atoms with Crippen molar-refractivity contribution in [2.24, 2.45) is 0 Å². The lowest BCUT2D eigenvalue weighted by Crippen LogP contribution is -2.08. The molecule has 5 nitrogen and oxygen atoms in total. The Kier molecular flexibility index (Phi) is 2.74. The van der Waals surface area contributed by atoms with Crippen molar-refractivity contribution >= 4 is 5.69 Å². The van der Waals surface area contributed by atoms with Crippen molar-refractivity contribution in [2.75, 3.05) is 13.1 Å². The van der Waals surface area contributed by atoms with Gasteiger partial charge in [-0.05, 0) is 13.0 Å². The maximum Gasteiger partial charge on any atom is 0.272 e. The second-order valence-electron chi connectivity index (χ2n) is 3.81. The average Bonchev–Trinajstić information content (AvgIpc) is 2.74. The van der Waals surface area contributed by atoms with Gasteiger partial charge in [-0.25, -0.2) is 4.39 Å². The number of benzene rings is 1. The van der Waals surface area contributed by atoms with Crippen LogP contribution in [-0.2, 0) is 0 Å². The first-order chi connectivity index (χ1) is 7.59. The van der Waals surface area contributed by atoms with E-state index in [1.165, 1.54) is 6.07 Å². The Hall–Kier alpha value is -1.69. The lowest BCUT2D eigenvalue weighted by Gasteiger charge is -2.11. The van der Waals surface area contributed by atoms with E-state index in [2.05, 4.69) is 5.32 Å². The van der Waals surface area contributed by atoms with Gasteiger partial charge in [-0.2, -0.15) is 0 Å². The van der Waals surface area contributed by atoms with E-state index in [-0.39, 0.29) is 11.6 Å². The van der Waals surface area contributed by atoms with Crippen LogP contribution in [0.4, 0.5) is 10.1 Å². The van der Waals surface area contributed by atoms with E-state index in [9.17, 15) is 19.6 Å². The number of phenols is 1. The third-order valence-electron chi connectivity index (χ3n) is 2.79. The Bertz CT molecular complexity index is 430. The summed E-state index contributed by atoms with van der Waals surface area (Å²) in [5.74, 6) is -1.47. The fourth-order valence-corrected chi connectivity index (χ4v) is 1.94. The number of aromatic hydroxyl groups is 1. The number of nitro groups is 1. The van der Waals surface area contributed by atoms with Crippen molar-refractivity contribution in [3.63, 3.8) is 0 Å². The Labute approximate surface area is 91.0 Å². The predicted molar refractivity (Wildman–Crippen MR) is 54.9 cm³/mol. The first kappa shape index (κ1) is 10.8.